The third kappa shape index (κ3) is 5.46. The van der Waals surface area contributed by atoms with Gasteiger partial charge < -0.3 is 19.8 Å². The van der Waals surface area contributed by atoms with E-state index >= 15 is 0 Å². The van der Waals surface area contributed by atoms with Crippen molar-refractivity contribution in [3.63, 3.8) is 0 Å². The van der Waals surface area contributed by atoms with E-state index in [4.69, 9.17) is 4.74 Å². The van der Waals surface area contributed by atoms with Crippen molar-refractivity contribution in [3.8, 4) is 0 Å². The molecule has 1 saturated heterocycles. The molecule has 2 atom stereocenters. The van der Waals surface area contributed by atoms with Gasteiger partial charge in [0.2, 0.25) is 0 Å². The van der Waals surface area contributed by atoms with Crippen LogP contribution in [0.3, 0.4) is 0 Å². The van der Waals surface area contributed by atoms with Gasteiger partial charge in [-0.25, -0.2) is 9.59 Å². The van der Waals surface area contributed by atoms with Crippen molar-refractivity contribution in [2.75, 3.05) is 18.1 Å². The molecular formula is C20H29NO5. The number of unbranched alkanes of at least 4 members (excludes halogenated alkanes) is 5. The normalized spacial score (nSPS) is 19.5. The third-order valence-electron chi connectivity index (χ3n) is 4.76. The van der Waals surface area contributed by atoms with Crippen molar-refractivity contribution < 1.29 is 24.5 Å². The van der Waals surface area contributed by atoms with Gasteiger partial charge in [0, 0.05) is 12.2 Å². The van der Waals surface area contributed by atoms with E-state index in [0.717, 1.165) is 19.3 Å². The maximum atomic E-state index is 12.2. The number of aliphatic hydroxyl groups is 1. The molecule has 2 rings (SSSR count). The van der Waals surface area contributed by atoms with Gasteiger partial charge in [-0.05, 0) is 31.0 Å². The van der Waals surface area contributed by atoms with E-state index in [1.807, 2.05) is 0 Å². The monoisotopic (exact) mass is 363 g/mol. The lowest BCUT2D eigenvalue weighted by Crippen LogP contribution is -2.42. The number of carboxylic acids is 1. The second kappa shape index (κ2) is 10.2. The minimum atomic E-state index is -1.06. The summed E-state index contributed by atoms with van der Waals surface area (Å²) in [5, 5.41) is 19.2. The highest BCUT2D eigenvalue weighted by molar-refractivity contribution is 5.91. The molecule has 0 spiro atoms. The molecule has 1 aliphatic heterocycles. The summed E-state index contributed by atoms with van der Waals surface area (Å²) in [7, 11) is 0. The number of ether oxygens (including phenoxy) is 1. The summed E-state index contributed by atoms with van der Waals surface area (Å²) >= 11 is 0. The van der Waals surface area contributed by atoms with Crippen LogP contribution in [-0.4, -0.2) is 47.4 Å². The van der Waals surface area contributed by atoms with E-state index in [-0.39, 0.29) is 0 Å². The Hall–Kier alpha value is -2.08. The number of carbonyl (C=O) groups is 2. The first-order valence-corrected chi connectivity index (χ1v) is 9.49. The molecule has 0 bridgehead atoms. The van der Waals surface area contributed by atoms with Crippen molar-refractivity contribution in [1.82, 2.24) is 0 Å². The number of aliphatic carboxylic acids is 1. The summed E-state index contributed by atoms with van der Waals surface area (Å²) < 4.78 is 5.32. The van der Waals surface area contributed by atoms with Gasteiger partial charge in [0.1, 0.15) is 0 Å². The van der Waals surface area contributed by atoms with Gasteiger partial charge in [0.15, 0.2) is 6.04 Å². The fourth-order valence-corrected chi connectivity index (χ4v) is 3.31. The van der Waals surface area contributed by atoms with Crippen LogP contribution in [0.15, 0.2) is 24.3 Å². The minimum Gasteiger partial charge on any atom is -0.480 e. The Labute approximate surface area is 154 Å². The molecule has 0 aliphatic carbocycles. The fraction of sp³-hybridized carbons (Fsp3) is 0.600. The number of carboxylic acid groups (broad SMARTS) is 1. The van der Waals surface area contributed by atoms with Gasteiger partial charge in [-0.2, -0.15) is 0 Å². The molecule has 1 aromatic rings. The fourth-order valence-electron chi connectivity index (χ4n) is 3.31. The van der Waals surface area contributed by atoms with E-state index in [9.17, 15) is 19.8 Å². The predicted molar refractivity (Wildman–Crippen MR) is 99.5 cm³/mol. The van der Waals surface area contributed by atoms with Crippen LogP contribution in [0.1, 0.15) is 62.2 Å². The molecule has 0 amide bonds. The standard InChI is InChI=1S/C20H29NO5/c1-2-3-4-5-6-7-13-26-20(25)15-9-8-10-16(14-15)21-12-11-17(22)18(21)19(23)24/h8-10,14,17-18,22H,2-7,11-13H2,1H3,(H,23,24). The van der Waals surface area contributed by atoms with Crippen LogP contribution in [-0.2, 0) is 9.53 Å². The Morgan fingerprint density at radius 2 is 1.92 bits per heavy atom. The van der Waals surface area contributed by atoms with Crippen molar-refractivity contribution in [2.45, 2.75) is 64.0 Å². The highest BCUT2D eigenvalue weighted by Crippen LogP contribution is 2.27. The van der Waals surface area contributed by atoms with Gasteiger partial charge in [-0.3, -0.25) is 0 Å². The second-order valence-electron chi connectivity index (χ2n) is 6.79. The van der Waals surface area contributed by atoms with Gasteiger partial charge in [-0.1, -0.05) is 45.1 Å². The van der Waals surface area contributed by atoms with E-state index < -0.39 is 24.1 Å². The topological polar surface area (TPSA) is 87.1 Å². The molecule has 1 aromatic carbocycles. The van der Waals surface area contributed by atoms with Gasteiger partial charge >= 0.3 is 11.9 Å². The Kier molecular flexibility index (Phi) is 7.91. The first-order valence-electron chi connectivity index (χ1n) is 9.49. The van der Waals surface area contributed by atoms with Crippen LogP contribution in [0.25, 0.3) is 0 Å². The molecule has 26 heavy (non-hydrogen) atoms. The van der Waals surface area contributed by atoms with Crippen LogP contribution in [0.4, 0.5) is 5.69 Å². The maximum absolute atomic E-state index is 12.2. The minimum absolute atomic E-state index is 0.393. The summed E-state index contributed by atoms with van der Waals surface area (Å²) in [6.07, 6.45) is 6.23. The highest BCUT2D eigenvalue weighted by atomic mass is 16.5. The summed E-state index contributed by atoms with van der Waals surface area (Å²) in [4.78, 5) is 25.2. The number of nitrogens with zero attached hydrogens (tertiary/aromatic N) is 1. The molecule has 6 heteroatoms. The number of hydrogen-bond acceptors (Lipinski definition) is 5. The van der Waals surface area contributed by atoms with Crippen LogP contribution in [0.5, 0.6) is 0 Å². The Morgan fingerprint density at radius 3 is 2.65 bits per heavy atom. The van der Waals surface area contributed by atoms with E-state index in [1.165, 1.54) is 19.3 Å². The Morgan fingerprint density at radius 1 is 1.19 bits per heavy atom. The number of hydrogen-bond donors (Lipinski definition) is 2. The molecule has 144 valence electrons. The Balaban J connectivity index is 1.88. The molecule has 6 nitrogen and oxygen atoms in total. The lowest BCUT2D eigenvalue weighted by atomic mass is 10.1. The van der Waals surface area contributed by atoms with E-state index in [0.29, 0.717) is 30.8 Å². The zero-order chi connectivity index (χ0) is 18.9. The van der Waals surface area contributed by atoms with Crippen LogP contribution >= 0.6 is 0 Å². The van der Waals surface area contributed by atoms with Crippen molar-refractivity contribution in [2.24, 2.45) is 0 Å². The molecule has 2 N–H and O–H groups in total. The Bertz CT molecular complexity index is 604. The van der Waals surface area contributed by atoms with Crippen LogP contribution in [0, 0.1) is 0 Å². The van der Waals surface area contributed by atoms with Gasteiger partial charge in [-0.15, -0.1) is 0 Å². The summed E-state index contributed by atoms with van der Waals surface area (Å²) in [5.41, 5.74) is 1.02. The van der Waals surface area contributed by atoms with Crippen LogP contribution < -0.4 is 4.90 Å². The molecule has 1 fully saturated rings. The summed E-state index contributed by atoms with van der Waals surface area (Å²) in [6, 6.07) is 5.77. The van der Waals surface area contributed by atoms with Crippen molar-refractivity contribution >= 4 is 17.6 Å². The van der Waals surface area contributed by atoms with Crippen molar-refractivity contribution in [3.05, 3.63) is 29.8 Å². The average molecular weight is 363 g/mol. The number of benzene rings is 1. The van der Waals surface area contributed by atoms with E-state index in [1.54, 1.807) is 29.2 Å². The quantitative estimate of drug-likeness (QED) is 0.490. The maximum Gasteiger partial charge on any atom is 0.338 e. The first-order chi connectivity index (χ1) is 12.5. The molecule has 0 radical (unpaired) electrons. The smallest absolute Gasteiger partial charge is 0.338 e. The SMILES string of the molecule is CCCCCCCCOC(=O)c1cccc(N2CCC(O)C2C(=O)O)c1. The highest BCUT2D eigenvalue weighted by Gasteiger charge is 2.38. The number of anilines is 1. The molecular weight excluding hydrogens is 334 g/mol. The van der Waals surface area contributed by atoms with Gasteiger partial charge in [0.25, 0.3) is 0 Å². The summed E-state index contributed by atoms with van der Waals surface area (Å²) in [5.74, 6) is -1.46. The summed E-state index contributed by atoms with van der Waals surface area (Å²) in [6.45, 7) is 3.02. The number of carbonyl (C=O) groups excluding carboxylic acids is 1. The third-order valence-corrected chi connectivity index (χ3v) is 4.76. The number of esters is 1. The number of rotatable bonds is 10. The second-order valence-corrected chi connectivity index (χ2v) is 6.79. The average Bonchev–Trinajstić information content (AvgIpc) is 3.02. The zero-order valence-electron chi connectivity index (χ0n) is 15.4. The van der Waals surface area contributed by atoms with E-state index in [2.05, 4.69) is 6.92 Å². The first kappa shape index (κ1) is 20.2. The molecule has 2 unspecified atom stereocenters. The number of aliphatic hydroxyl groups excluding tert-OH is 1. The molecule has 1 heterocycles. The predicted octanol–water partition coefficient (Wildman–Crippen LogP) is 3.23. The largest absolute Gasteiger partial charge is 0.480 e. The molecule has 0 saturated carbocycles. The molecule has 1 aliphatic rings. The van der Waals surface area contributed by atoms with Crippen molar-refractivity contribution in [1.29, 1.82) is 0 Å². The van der Waals surface area contributed by atoms with Gasteiger partial charge in [0.05, 0.1) is 18.3 Å². The lowest BCUT2D eigenvalue weighted by Gasteiger charge is -2.25. The zero-order valence-corrected chi connectivity index (χ0v) is 15.4. The lowest BCUT2D eigenvalue weighted by molar-refractivity contribution is -0.140. The molecule has 0 aromatic heterocycles. The van der Waals surface area contributed by atoms with Crippen LogP contribution in [0.2, 0.25) is 0 Å².